The molecule has 122 valence electrons. The molecule has 0 spiro atoms. The van der Waals surface area contributed by atoms with Gasteiger partial charge in [0.05, 0.1) is 10.8 Å². The van der Waals surface area contributed by atoms with Gasteiger partial charge in [-0.05, 0) is 35.9 Å². The van der Waals surface area contributed by atoms with Gasteiger partial charge in [-0.15, -0.1) is 11.3 Å². The number of aromatic carboxylic acids is 1. The molecule has 25 heavy (non-hydrogen) atoms. The normalized spacial score (nSPS) is 10.1. The topological polar surface area (TPSA) is 49.4 Å². The van der Waals surface area contributed by atoms with E-state index in [1.165, 1.54) is 11.3 Å². The maximum Gasteiger partial charge on any atom is 1.00 e. The minimum absolute atomic E-state index is 0. The molecule has 0 aliphatic carbocycles. The number of hydrogen-bond donors (Lipinski definition) is 0. The Balaban J connectivity index is 0.00000225. The van der Waals surface area contributed by atoms with Crippen molar-refractivity contribution in [3.8, 4) is 5.75 Å². The fraction of sp³-hybridized carbons (Fsp3) is 0.105. The number of benzene rings is 2. The Morgan fingerprint density at radius 3 is 2.52 bits per heavy atom. The molecule has 3 aromatic rings. The molecule has 3 nitrogen and oxygen atoms in total. The van der Waals surface area contributed by atoms with Gasteiger partial charge in [0.1, 0.15) is 12.4 Å². The zero-order chi connectivity index (χ0) is 16.9. The zero-order valence-corrected chi connectivity index (χ0v) is 17.3. The van der Waals surface area contributed by atoms with Crippen LogP contribution in [0.1, 0.15) is 25.7 Å². The molecule has 0 amide bonds. The van der Waals surface area contributed by atoms with Gasteiger partial charge in [0, 0.05) is 21.9 Å². The van der Waals surface area contributed by atoms with Crippen LogP contribution in [0.25, 0.3) is 0 Å². The molecule has 0 fully saturated rings. The summed E-state index contributed by atoms with van der Waals surface area (Å²) in [5.74, 6) is -0.412. The van der Waals surface area contributed by atoms with E-state index in [4.69, 9.17) is 16.3 Å². The van der Waals surface area contributed by atoms with Crippen LogP contribution in [-0.4, -0.2) is 5.97 Å². The Hall–Kier alpha value is -1.30. The number of halogens is 1. The molecular formula is C19H14ClNaO3S. The quantitative estimate of drug-likeness (QED) is 0.598. The predicted molar refractivity (Wildman–Crippen MR) is 93.7 cm³/mol. The van der Waals surface area contributed by atoms with Gasteiger partial charge < -0.3 is 14.6 Å². The van der Waals surface area contributed by atoms with E-state index in [9.17, 15) is 9.90 Å². The molecule has 2 aromatic carbocycles. The molecule has 6 heteroatoms. The summed E-state index contributed by atoms with van der Waals surface area (Å²) in [5.41, 5.74) is 2.00. The van der Waals surface area contributed by atoms with Gasteiger partial charge in [0.15, 0.2) is 0 Å². The van der Waals surface area contributed by atoms with E-state index >= 15 is 0 Å². The number of rotatable bonds is 6. The molecule has 0 atom stereocenters. The second kappa shape index (κ2) is 9.41. The smallest absolute Gasteiger partial charge is 0.544 e. The van der Waals surface area contributed by atoms with E-state index < -0.39 is 5.97 Å². The first-order valence-electron chi connectivity index (χ1n) is 7.37. The molecule has 0 saturated carbocycles. The third kappa shape index (κ3) is 5.59. The Morgan fingerprint density at radius 2 is 1.84 bits per heavy atom. The van der Waals surface area contributed by atoms with E-state index in [1.807, 2.05) is 42.5 Å². The monoisotopic (exact) mass is 380 g/mol. The fourth-order valence-electron chi connectivity index (χ4n) is 2.33. The molecule has 0 aliphatic heterocycles. The van der Waals surface area contributed by atoms with Crippen molar-refractivity contribution >= 4 is 28.9 Å². The first-order valence-corrected chi connectivity index (χ1v) is 8.56. The average molecular weight is 381 g/mol. The van der Waals surface area contributed by atoms with Crippen LogP contribution in [-0.2, 0) is 13.0 Å². The molecule has 0 N–H and O–H groups in total. The van der Waals surface area contributed by atoms with Crippen LogP contribution in [0.2, 0.25) is 5.02 Å². The van der Waals surface area contributed by atoms with Crippen molar-refractivity contribution in [1.82, 2.24) is 0 Å². The van der Waals surface area contributed by atoms with Gasteiger partial charge in [-0.1, -0.05) is 41.9 Å². The minimum atomic E-state index is -1.15. The summed E-state index contributed by atoms with van der Waals surface area (Å²) >= 11 is 7.30. The summed E-state index contributed by atoms with van der Waals surface area (Å²) in [6.45, 7) is 0.463. The van der Waals surface area contributed by atoms with Crippen LogP contribution in [0, 0.1) is 0 Å². The summed E-state index contributed by atoms with van der Waals surface area (Å²) in [6, 6.07) is 18.7. The van der Waals surface area contributed by atoms with Crippen molar-refractivity contribution in [3.05, 3.63) is 86.6 Å². The summed E-state index contributed by atoms with van der Waals surface area (Å²) < 4.78 is 5.92. The molecule has 0 radical (unpaired) electrons. The minimum Gasteiger partial charge on any atom is -0.544 e. The Kier molecular flexibility index (Phi) is 7.54. The Morgan fingerprint density at radius 1 is 1.08 bits per heavy atom. The van der Waals surface area contributed by atoms with Gasteiger partial charge in [-0.2, -0.15) is 0 Å². The number of thiophene rings is 1. The number of hydrogen-bond acceptors (Lipinski definition) is 4. The number of carbonyl (C=O) groups is 1. The zero-order valence-electron chi connectivity index (χ0n) is 13.7. The molecule has 0 aliphatic rings. The van der Waals surface area contributed by atoms with Crippen LogP contribution in [0.3, 0.4) is 0 Å². The maximum atomic E-state index is 10.9. The van der Waals surface area contributed by atoms with Crippen molar-refractivity contribution in [1.29, 1.82) is 0 Å². The SMILES string of the molecule is O=C([O-])c1ccc(Cc2cc(Cl)ccc2OCc2ccccc2)s1.[Na+]. The first-order chi connectivity index (χ1) is 11.6. The Bertz CT molecular complexity index is 849. The summed E-state index contributed by atoms with van der Waals surface area (Å²) in [5, 5.41) is 11.5. The van der Waals surface area contributed by atoms with Crippen molar-refractivity contribution < 1.29 is 44.2 Å². The number of carboxylic acid groups (broad SMARTS) is 1. The predicted octanol–water partition coefficient (Wildman–Crippen LogP) is 0.939. The fourth-order valence-corrected chi connectivity index (χ4v) is 3.39. The molecular weight excluding hydrogens is 367 g/mol. The van der Waals surface area contributed by atoms with Gasteiger partial charge in [0.25, 0.3) is 0 Å². The first kappa shape index (κ1) is 20.0. The van der Waals surface area contributed by atoms with E-state index in [0.29, 0.717) is 18.1 Å². The maximum absolute atomic E-state index is 10.9. The summed E-state index contributed by atoms with van der Waals surface area (Å²) in [4.78, 5) is 12.0. The van der Waals surface area contributed by atoms with Crippen molar-refractivity contribution in [2.24, 2.45) is 0 Å². The van der Waals surface area contributed by atoms with E-state index in [-0.39, 0.29) is 34.4 Å². The van der Waals surface area contributed by atoms with Crippen molar-refractivity contribution in [3.63, 3.8) is 0 Å². The standard InChI is InChI=1S/C19H15ClO3S.Na/c20-15-6-8-17(23-12-13-4-2-1-3-5-13)14(10-15)11-16-7-9-18(24-16)19(21)22;/h1-10H,11-12H2,(H,21,22);/q;+1/p-1. The van der Waals surface area contributed by atoms with Gasteiger partial charge in [-0.25, -0.2) is 0 Å². The second-order valence-corrected chi connectivity index (χ2v) is 6.86. The largest absolute Gasteiger partial charge is 1.00 e. The number of ether oxygens (including phenoxy) is 1. The van der Waals surface area contributed by atoms with Crippen molar-refractivity contribution in [2.75, 3.05) is 0 Å². The van der Waals surface area contributed by atoms with Crippen LogP contribution >= 0.6 is 22.9 Å². The van der Waals surface area contributed by atoms with E-state index in [0.717, 1.165) is 21.8 Å². The van der Waals surface area contributed by atoms with E-state index in [2.05, 4.69) is 0 Å². The number of carboxylic acids is 1. The number of carbonyl (C=O) groups excluding carboxylic acids is 1. The third-order valence-corrected chi connectivity index (χ3v) is 4.79. The molecule has 3 rings (SSSR count). The molecule has 1 heterocycles. The molecule has 0 saturated heterocycles. The van der Waals surface area contributed by atoms with Crippen molar-refractivity contribution in [2.45, 2.75) is 13.0 Å². The summed E-state index contributed by atoms with van der Waals surface area (Å²) in [7, 11) is 0. The van der Waals surface area contributed by atoms with Gasteiger partial charge >= 0.3 is 29.6 Å². The van der Waals surface area contributed by atoms with Gasteiger partial charge in [0.2, 0.25) is 0 Å². The Labute approximate surface area is 177 Å². The van der Waals surface area contributed by atoms with Crippen LogP contribution < -0.4 is 39.4 Å². The van der Waals surface area contributed by atoms with Gasteiger partial charge in [-0.3, -0.25) is 0 Å². The van der Waals surface area contributed by atoms with Crippen LogP contribution in [0.5, 0.6) is 5.75 Å². The molecule has 0 bridgehead atoms. The third-order valence-electron chi connectivity index (χ3n) is 3.49. The van der Waals surface area contributed by atoms with Crippen LogP contribution in [0.15, 0.2) is 60.7 Å². The average Bonchev–Trinajstić information content (AvgIpc) is 3.04. The van der Waals surface area contributed by atoms with E-state index in [1.54, 1.807) is 18.2 Å². The molecule has 1 aromatic heterocycles. The second-order valence-electron chi connectivity index (χ2n) is 5.26. The molecule has 0 unspecified atom stereocenters. The summed E-state index contributed by atoms with van der Waals surface area (Å²) in [6.07, 6.45) is 0.558. The van der Waals surface area contributed by atoms with Crippen LogP contribution in [0.4, 0.5) is 0 Å².